The summed E-state index contributed by atoms with van der Waals surface area (Å²) in [5.74, 6) is 0.794. The number of aromatic nitrogens is 5. The van der Waals surface area contributed by atoms with Crippen LogP contribution < -0.4 is 0 Å². The molecule has 184 valence electrons. The summed E-state index contributed by atoms with van der Waals surface area (Å²) in [6.45, 7) is 9.01. The third kappa shape index (κ3) is 4.00. The molecule has 0 aliphatic rings. The number of esters is 1. The van der Waals surface area contributed by atoms with Crippen molar-refractivity contribution < 1.29 is 23.3 Å². The van der Waals surface area contributed by atoms with Gasteiger partial charge in [-0.05, 0) is 58.9 Å². The molecule has 5 aromatic rings. The first kappa shape index (κ1) is 23.3. The summed E-state index contributed by atoms with van der Waals surface area (Å²) in [4.78, 5) is 30.9. The molecule has 0 spiro atoms. The van der Waals surface area contributed by atoms with Crippen LogP contribution in [-0.4, -0.2) is 42.8 Å². The normalized spacial score (nSPS) is 11.5. The number of carbonyl (C=O) groups excluding carboxylic acids is 2. The predicted molar refractivity (Wildman–Crippen MR) is 130 cm³/mol. The monoisotopic (exact) mass is 487 g/mol. The standard InChI is InChI=1S/C26H25N5O5/c1-14(2)31-25-20(12-27-31)19(11-21(28-25)23-7-6-8-34-23)26(33)35-13-22(32)18-9-15(3)30(17(18)5)24-10-16(4)36-29-24/h6-12,14H,13H2,1-5H3. The van der Waals surface area contributed by atoms with Crippen molar-refractivity contribution in [1.29, 1.82) is 0 Å². The Labute approximate surface area is 206 Å². The third-order valence-corrected chi connectivity index (χ3v) is 5.96. The van der Waals surface area contributed by atoms with Crippen LogP contribution >= 0.6 is 0 Å². The number of Topliss-reactive ketones (excluding diaryl/α,β-unsaturated/α-hetero) is 1. The molecule has 0 aliphatic carbocycles. The second-order valence-corrected chi connectivity index (χ2v) is 8.87. The first-order valence-corrected chi connectivity index (χ1v) is 11.5. The Hall–Kier alpha value is -4.47. The molecule has 0 unspecified atom stereocenters. The summed E-state index contributed by atoms with van der Waals surface area (Å²) in [6, 6.07) is 8.66. The van der Waals surface area contributed by atoms with Crippen molar-refractivity contribution in [3.05, 3.63) is 71.1 Å². The number of hydrogen-bond acceptors (Lipinski definition) is 8. The van der Waals surface area contributed by atoms with E-state index in [2.05, 4.69) is 15.2 Å². The van der Waals surface area contributed by atoms with Gasteiger partial charge in [-0.2, -0.15) is 5.10 Å². The van der Waals surface area contributed by atoms with Crippen molar-refractivity contribution in [2.24, 2.45) is 0 Å². The zero-order valence-corrected chi connectivity index (χ0v) is 20.6. The molecule has 10 nitrogen and oxygen atoms in total. The summed E-state index contributed by atoms with van der Waals surface area (Å²) < 4.78 is 19.7. The lowest BCUT2D eigenvalue weighted by Gasteiger charge is -2.10. The van der Waals surface area contributed by atoms with Crippen molar-refractivity contribution in [2.45, 2.75) is 40.7 Å². The number of hydrogen-bond donors (Lipinski definition) is 0. The largest absolute Gasteiger partial charge is 0.463 e. The van der Waals surface area contributed by atoms with Crippen LogP contribution in [0.3, 0.4) is 0 Å². The topological polar surface area (TPSA) is 118 Å². The minimum absolute atomic E-state index is 0.0241. The van der Waals surface area contributed by atoms with Crippen LogP contribution in [0.1, 0.15) is 57.8 Å². The van der Waals surface area contributed by atoms with E-state index in [4.69, 9.17) is 13.7 Å². The van der Waals surface area contributed by atoms with Gasteiger partial charge in [-0.1, -0.05) is 5.16 Å². The average Bonchev–Trinajstić information content (AvgIpc) is 3.63. The molecular weight excluding hydrogens is 462 g/mol. The Morgan fingerprint density at radius 2 is 1.92 bits per heavy atom. The number of aryl methyl sites for hydroxylation is 2. The van der Waals surface area contributed by atoms with Gasteiger partial charge >= 0.3 is 5.97 Å². The Balaban J connectivity index is 1.43. The van der Waals surface area contributed by atoms with E-state index in [0.29, 0.717) is 45.3 Å². The van der Waals surface area contributed by atoms with Crippen molar-refractivity contribution in [3.63, 3.8) is 0 Å². The lowest BCUT2D eigenvalue weighted by atomic mass is 10.1. The SMILES string of the molecule is Cc1cc(-n2c(C)cc(C(=O)COC(=O)c3cc(-c4ccco4)nc4c3cnn4C(C)C)c2C)no1. The van der Waals surface area contributed by atoms with E-state index in [0.717, 1.165) is 5.69 Å². The lowest BCUT2D eigenvalue weighted by molar-refractivity contribution is 0.0476. The maximum Gasteiger partial charge on any atom is 0.339 e. The lowest BCUT2D eigenvalue weighted by Crippen LogP contribution is -2.15. The Bertz CT molecular complexity index is 1590. The zero-order chi connectivity index (χ0) is 25.6. The first-order valence-electron chi connectivity index (χ1n) is 11.5. The van der Waals surface area contributed by atoms with Gasteiger partial charge in [0, 0.05) is 29.1 Å². The number of furan rings is 1. The molecule has 0 aromatic carbocycles. The van der Waals surface area contributed by atoms with E-state index < -0.39 is 12.6 Å². The fourth-order valence-electron chi connectivity index (χ4n) is 4.26. The van der Waals surface area contributed by atoms with Gasteiger partial charge in [0.05, 0.1) is 23.4 Å². The third-order valence-electron chi connectivity index (χ3n) is 5.96. The van der Waals surface area contributed by atoms with Gasteiger partial charge < -0.3 is 13.7 Å². The highest BCUT2D eigenvalue weighted by molar-refractivity contribution is 6.05. The van der Waals surface area contributed by atoms with Crippen LogP contribution in [0.15, 0.2) is 51.7 Å². The van der Waals surface area contributed by atoms with Crippen molar-refractivity contribution >= 4 is 22.8 Å². The minimum atomic E-state index is -0.646. The molecule has 0 atom stereocenters. The molecule has 36 heavy (non-hydrogen) atoms. The van der Waals surface area contributed by atoms with E-state index in [1.54, 1.807) is 48.1 Å². The highest BCUT2D eigenvalue weighted by Gasteiger charge is 2.23. The molecule has 0 saturated heterocycles. The van der Waals surface area contributed by atoms with Gasteiger partial charge in [0.2, 0.25) is 5.78 Å². The molecule has 5 rings (SSSR count). The number of rotatable bonds is 7. The number of carbonyl (C=O) groups is 2. The highest BCUT2D eigenvalue weighted by Crippen LogP contribution is 2.27. The quantitative estimate of drug-likeness (QED) is 0.232. The number of pyridine rings is 1. The molecule has 5 heterocycles. The summed E-state index contributed by atoms with van der Waals surface area (Å²) in [6.07, 6.45) is 3.12. The van der Waals surface area contributed by atoms with E-state index >= 15 is 0 Å². The summed E-state index contributed by atoms with van der Waals surface area (Å²) in [5, 5.41) is 8.96. The molecule has 0 radical (unpaired) electrons. The predicted octanol–water partition coefficient (Wildman–Crippen LogP) is 5.02. The Kier molecular flexibility index (Phi) is 5.79. The van der Waals surface area contributed by atoms with E-state index in [9.17, 15) is 9.59 Å². The molecule has 5 aromatic heterocycles. The second-order valence-electron chi connectivity index (χ2n) is 8.87. The summed E-state index contributed by atoms with van der Waals surface area (Å²) in [7, 11) is 0. The maximum absolute atomic E-state index is 13.2. The van der Waals surface area contributed by atoms with Crippen LogP contribution in [-0.2, 0) is 4.74 Å². The number of nitrogens with zero attached hydrogens (tertiary/aromatic N) is 5. The van der Waals surface area contributed by atoms with Crippen LogP contribution in [0.25, 0.3) is 28.3 Å². The average molecular weight is 488 g/mol. The van der Waals surface area contributed by atoms with Gasteiger partial charge in [0.25, 0.3) is 0 Å². The molecule has 10 heteroatoms. The Morgan fingerprint density at radius 3 is 2.58 bits per heavy atom. The van der Waals surface area contributed by atoms with Crippen molar-refractivity contribution in [1.82, 2.24) is 24.5 Å². The Morgan fingerprint density at radius 1 is 1.11 bits per heavy atom. The smallest absolute Gasteiger partial charge is 0.339 e. The number of ether oxygens (including phenoxy) is 1. The fourth-order valence-corrected chi connectivity index (χ4v) is 4.26. The molecule has 0 N–H and O–H groups in total. The minimum Gasteiger partial charge on any atom is -0.463 e. The van der Waals surface area contributed by atoms with Crippen LogP contribution in [0, 0.1) is 20.8 Å². The van der Waals surface area contributed by atoms with Crippen LogP contribution in [0.4, 0.5) is 0 Å². The van der Waals surface area contributed by atoms with Gasteiger partial charge in [0.15, 0.2) is 23.8 Å². The molecule has 0 fully saturated rings. The van der Waals surface area contributed by atoms with Crippen molar-refractivity contribution in [3.8, 4) is 17.3 Å². The van der Waals surface area contributed by atoms with E-state index in [-0.39, 0.29) is 17.4 Å². The van der Waals surface area contributed by atoms with Crippen molar-refractivity contribution in [2.75, 3.05) is 6.61 Å². The fraction of sp³-hybridized carbons (Fsp3) is 0.269. The molecule has 0 amide bonds. The van der Waals surface area contributed by atoms with E-state index in [1.165, 1.54) is 6.26 Å². The van der Waals surface area contributed by atoms with Gasteiger partial charge in [-0.15, -0.1) is 0 Å². The number of ketones is 1. The summed E-state index contributed by atoms with van der Waals surface area (Å²) >= 11 is 0. The van der Waals surface area contributed by atoms with Gasteiger partial charge in [-0.3, -0.25) is 9.36 Å². The highest BCUT2D eigenvalue weighted by atomic mass is 16.5. The summed E-state index contributed by atoms with van der Waals surface area (Å²) in [5.41, 5.74) is 3.21. The number of fused-ring (bicyclic) bond motifs is 1. The second kappa shape index (κ2) is 8.95. The van der Waals surface area contributed by atoms with Crippen LogP contribution in [0.5, 0.6) is 0 Å². The molecule has 0 aliphatic heterocycles. The first-order chi connectivity index (χ1) is 17.2. The van der Waals surface area contributed by atoms with Gasteiger partial charge in [0.1, 0.15) is 11.5 Å². The maximum atomic E-state index is 13.2. The van der Waals surface area contributed by atoms with Gasteiger partial charge in [-0.25, -0.2) is 14.5 Å². The molecule has 0 saturated carbocycles. The van der Waals surface area contributed by atoms with Crippen LogP contribution in [0.2, 0.25) is 0 Å². The van der Waals surface area contributed by atoms with E-state index in [1.807, 2.05) is 32.3 Å². The zero-order valence-electron chi connectivity index (χ0n) is 20.6. The molecule has 0 bridgehead atoms. The molecular formula is C26H25N5O5.